The Balaban J connectivity index is 1.33. The molecular weight excluding hydrogens is 402 g/mol. The summed E-state index contributed by atoms with van der Waals surface area (Å²) in [6, 6.07) is 17.4. The fourth-order valence-corrected chi connectivity index (χ4v) is 3.38. The van der Waals surface area contributed by atoms with Gasteiger partial charge in [-0.15, -0.1) is 10.2 Å². The summed E-state index contributed by atoms with van der Waals surface area (Å²) in [6.07, 6.45) is 1.55. The molecule has 0 radical (unpaired) electrons. The van der Waals surface area contributed by atoms with Crippen molar-refractivity contribution in [2.24, 2.45) is 0 Å². The topological polar surface area (TPSA) is 98.2 Å². The largest absolute Gasteiger partial charge is 0.469 e. The van der Waals surface area contributed by atoms with Gasteiger partial charge in [-0.2, -0.15) is 0 Å². The van der Waals surface area contributed by atoms with Crippen molar-refractivity contribution in [1.29, 1.82) is 0 Å². The van der Waals surface area contributed by atoms with Gasteiger partial charge in [-0.3, -0.25) is 9.59 Å². The number of ketones is 1. The standard InChI is InChI=1S/C22H17N3O4S/c1-14-18(11-12-28-14)21-24-25-22(29-21)30-13-19(26)15-7-9-17(10-8-15)23-20(27)16-5-3-2-4-6-16/h2-12H,13H2,1H3,(H,23,27). The minimum atomic E-state index is -0.203. The second-order valence-corrected chi connectivity index (χ2v) is 7.30. The molecule has 0 fully saturated rings. The van der Waals surface area contributed by atoms with Crippen LogP contribution in [-0.2, 0) is 0 Å². The zero-order valence-electron chi connectivity index (χ0n) is 16.0. The summed E-state index contributed by atoms with van der Waals surface area (Å²) in [7, 11) is 0. The molecule has 2 aromatic heterocycles. The minimum Gasteiger partial charge on any atom is -0.469 e. The number of anilines is 1. The van der Waals surface area contributed by atoms with Crippen molar-refractivity contribution in [2.75, 3.05) is 11.1 Å². The number of Topliss-reactive ketones (excluding diaryl/α,β-unsaturated/α-hetero) is 1. The van der Waals surface area contributed by atoms with E-state index in [1.165, 1.54) is 11.8 Å². The maximum atomic E-state index is 12.4. The average molecular weight is 419 g/mol. The Morgan fingerprint density at radius 1 is 0.967 bits per heavy atom. The molecule has 150 valence electrons. The van der Waals surface area contributed by atoms with Crippen LogP contribution in [0.5, 0.6) is 0 Å². The number of benzene rings is 2. The van der Waals surface area contributed by atoms with Crippen molar-refractivity contribution in [3.8, 4) is 11.5 Å². The van der Waals surface area contributed by atoms with Crippen molar-refractivity contribution in [2.45, 2.75) is 12.1 Å². The van der Waals surface area contributed by atoms with E-state index in [1.807, 2.05) is 13.0 Å². The molecule has 0 saturated carbocycles. The molecule has 0 aliphatic heterocycles. The number of nitrogens with one attached hydrogen (secondary N) is 1. The number of hydrogen-bond acceptors (Lipinski definition) is 7. The lowest BCUT2D eigenvalue weighted by Gasteiger charge is -2.06. The van der Waals surface area contributed by atoms with Gasteiger partial charge < -0.3 is 14.2 Å². The first-order valence-corrected chi connectivity index (χ1v) is 10.1. The van der Waals surface area contributed by atoms with Gasteiger partial charge in [0.1, 0.15) is 5.76 Å². The van der Waals surface area contributed by atoms with E-state index in [9.17, 15) is 9.59 Å². The minimum absolute atomic E-state index is 0.0832. The number of carbonyl (C=O) groups is 2. The lowest BCUT2D eigenvalue weighted by atomic mass is 10.1. The number of carbonyl (C=O) groups excluding carboxylic acids is 2. The third kappa shape index (κ3) is 4.49. The Bertz CT molecular complexity index is 1170. The highest BCUT2D eigenvalue weighted by Gasteiger charge is 2.15. The zero-order chi connectivity index (χ0) is 20.9. The van der Waals surface area contributed by atoms with Gasteiger partial charge in [0.2, 0.25) is 0 Å². The Morgan fingerprint density at radius 2 is 1.73 bits per heavy atom. The highest BCUT2D eigenvalue weighted by atomic mass is 32.2. The molecule has 30 heavy (non-hydrogen) atoms. The van der Waals surface area contributed by atoms with E-state index in [-0.39, 0.29) is 17.4 Å². The predicted molar refractivity (Wildman–Crippen MR) is 113 cm³/mol. The van der Waals surface area contributed by atoms with Crippen LogP contribution in [-0.4, -0.2) is 27.6 Å². The molecule has 2 aromatic carbocycles. The number of aromatic nitrogens is 2. The second-order valence-electron chi connectivity index (χ2n) is 6.37. The Kier molecular flexibility index (Phi) is 5.76. The zero-order valence-corrected chi connectivity index (χ0v) is 16.8. The first kappa shape index (κ1) is 19.7. The van der Waals surface area contributed by atoms with Gasteiger partial charge in [-0.25, -0.2) is 0 Å². The smallest absolute Gasteiger partial charge is 0.277 e. The molecule has 0 bridgehead atoms. The monoisotopic (exact) mass is 419 g/mol. The molecule has 0 atom stereocenters. The third-order valence-corrected chi connectivity index (χ3v) is 5.14. The molecule has 0 spiro atoms. The SMILES string of the molecule is Cc1occc1-c1nnc(SCC(=O)c2ccc(NC(=O)c3ccccc3)cc2)o1. The van der Waals surface area contributed by atoms with Crippen molar-refractivity contribution in [3.05, 3.63) is 83.8 Å². The lowest BCUT2D eigenvalue weighted by Crippen LogP contribution is -2.11. The number of thioether (sulfide) groups is 1. The molecule has 0 aliphatic carbocycles. The number of rotatable bonds is 7. The molecular formula is C22H17N3O4S. The first-order valence-electron chi connectivity index (χ1n) is 9.10. The van der Waals surface area contributed by atoms with Crippen molar-refractivity contribution in [1.82, 2.24) is 10.2 Å². The normalized spacial score (nSPS) is 10.7. The van der Waals surface area contributed by atoms with E-state index in [0.717, 1.165) is 5.56 Å². The van der Waals surface area contributed by atoms with Crippen LogP contribution in [0.15, 0.2) is 81.0 Å². The van der Waals surface area contributed by atoms with E-state index < -0.39 is 0 Å². The summed E-state index contributed by atoms with van der Waals surface area (Å²) >= 11 is 1.17. The molecule has 4 aromatic rings. The lowest BCUT2D eigenvalue weighted by molar-refractivity contribution is 0.101. The predicted octanol–water partition coefficient (Wildman–Crippen LogP) is 4.87. The van der Waals surface area contributed by atoms with E-state index in [4.69, 9.17) is 8.83 Å². The number of hydrogen-bond donors (Lipinski definition) is 1. The van der Waals surface area contributed by atoms with E-state index >= 15 is 0 Å². The van der Waals surface area contributed by atoms with Gasteiger partial charge in [0.05, 0.1) is 17.6 Å². The number of amides is 1. The summed E-state index contributed by atoms with van der Waals surface area (Å²) < 4.78 is 10.8. The molecule has 2 heterocycles. The van der Waals surface area contributed by atoms with Gasteiger partial charge in [-0.1, -0.05) is 30.0 Å². The van der Waals surface area contributed by atoms with Gasteiger partial charge in [0.25, 0.3) is 17.0 Å². The summed E-state index contributed by atoms with van der Waals surface area (Å²) in [6.45, 7) is 1.81. The van der Waals surface area contributed by atoms with E-state index in [2.05, 4.69) is 15.5 Å². The maximum Gasteiger partial charge on any atom is 0.277 e. The second kappa shape index (κ2) is 8.79. The molecule has 4 rings (SSSR count). The molecule has 1 amide bonds. The fourth-order valence-electron chi connectivity index (χ4n) is 2.73. The van der Waals surface area contributed by atoms with Gasteiger partial charge in [-0.05, 0) is 49.4 Å². The average Bonchev–Trinajstić information content (AvgIpc) is 3.41. The fraction of sp³-hybridized carbons (Fsp3) is 0.0909. The van der Waals surface area contributed by atoms with Gasteiger partial charge in [0, 0.05) is 16.8 Å². The quantitative estimate of drug-likeness (QED) is 0.337. The highest BCUT2D eigenvalue weighted by molar-refractivity contribution is 7.99. The molecule has 1 N–H and O–H groups in total. The van der Waals surface area contributed by atoms with Crippen LogP contribution in [0.4, 0.5) is 5.69 Å². The number of aryl methyl sites for hydroxylation is 1. The third-order valence-electron chi connectivity index (χ3n) is 4.32. The number of furan rings is 1. The summed E-state index contributed by atoms with van der Waals surface area (Å²) in [5.74, 6) is 0.910. The van der Waals surface area contributed by atoms with Gasteiger partial charge in [0.15, 0.2) is 5.78 Å². The number of nitrogens with zero attached hydrogens (tertiary/aromatic N) is 2. The molecule has 0 aliphatic rings. The van der Waals surface area contributed by atoms with E-state index in [1.54, 1.807) is 60.9 Å². The first-order chi connectivity index (χ1) is 14.6. The highest BCUT2D eigenvalue weighted by Crippen LogP contribution is 2.26. The van der Waals surface area contributed by atoms with Crippen LogP contribution in [0.1, 0.15) is 26.5 Å². The Hall–Kier alpha value is -3.65. The Morgan fingerprint density at radius 3 is 2.43 bits per heavy atom. The van der Waals surface area contributed by atoms with Crippen molar-refractivity contribution in [3.63, 3.8) is 0 Å². The summed E-state index contributed by atoms with van der Waals surface area (Å²) in [5, 5.41) is 11.1. The summed E-state index contributed by atoms with van der Waals surface area (Å²) in [5.41, 5.74) is 2.45. The van der Waals surface area contributed by atoms with Crippen molar-refractivity contribution >= 4 is 29.1 Å². The Labute approximate surface area is 176 Å². The molecule has 0 unspecified atom stereocenters. The molecule has 0 saturated heterocycles. The van der Waals surface area contributed by atoms with Gasteiger partial charge >= 0.3 is 0 Å². The van der Waals surface area contributed by atoms with Crippen LogP contribution in [0.25, 0.3) is 11.5 Å². The molecule has 8 heteroatoms. The van der Waals surface area contributed by atoms with Crippen LogP contribution in [0, 0.1) is 6.92 Å². The van der Waals surface area contributed by atoms with E-state index in [0.29, 0.717) is 33.7 Å². The van der Waals surface area contributed by atoms with Crippen molar-refractivity contribution < 1.29 is 18.4 Å². The molecule has 7 nitrogen and oxygen atoms in total. The van der Waals surface area contributed by atoms with Crippen LogP contribution in [0.2, 0.25) is 0 Å². The summed E-state index contributed by atoms with van der Waals surface area (Å²) in [4.78, 5) is 24.6. The van der Waals surface area contributed by atoms with Crippen LogP contribution < -0.4 is 5.32 Å². The van der Waals surface area contributed by atoms with Crippen LogP contribution >= 0.6 is 11.8 Å². The maximum absolute atomic E-state index is 12.4. The van der Waals surface area contributed by atoms with Crippen LogP contribution in [0.3, 0.4) is 0 Å².